The minimum atomic E-state index is -1.67. The van der Waals surface area contributed by atoms with Crippen LogP contribution in [-0.4, -0.2) is 45.2 Å². The van der Waals surface area contributed by atoms with E-state index in [9.17, 15) is 9.90 Å². The SMILES string of the molecule is O=C(O)C(O)C(O)CCCCCCCC=C=CCCCCO. The second-order valence-corrected chi connectivity index (χ2v) is 5.49. The van der Waals surface area contributed by atoms with Gasteiger partial charge in [-0.1, -0.05) is 25.7 Å². The van der Waals surface area contributed by atoms with E-state index in [1.54, 1.807) is 0 Å². The molecule has 2 atom stereocenters. The van der Waals surface area contributed by atoms with E-state index in [1.807, 2.05) is 12.2 Å². The summed E-state index contributed by atoms with van der Waals surface area (Å²) in [6.07, 6.45) is 10.2. The minimum absolute atomic E-state index is 0.254. The molecule has 0 aromatic carbocycles. The van der Waals surface area contributed by atoms with Crippen molar-refractivity contribution in [1.29, 1.82) is 0 Å². The van der Waals surface area contributed by atoms with Crippen LogP contribution in [0.1, 0.15) is 64.2 Å². The van der Waals surface area contributed by atoms with E-state index in [2.05, 4.69) is 5.73 Å². The van der Waals surface area contributed by atoms with Crippen LogP contribution in [-0.2, 0) is 4.79 Å². The van der Waals surface area contributed by atoms with E-state index in [-0.39, 0.29) is 6.61 Å². The highest BCUT2D eigenvalue weighted by atomic mass is 16.4. The molecule has 0 radical (unpaired) electrons. The predicted molar refractivity (Wildman–Crippen MR) is 85.6 cm³/mol. The third kappa shape index (κ3) is 12.6. The standard InChI is InChI=1S/C17H30O5/c18-14-12-10-8-6-4-2-1-3-5-7-9-11-13-15(19)16(20)17(21)22/h2,6,15-16,18-20H,1,3,5,7-14H2,(H,21,22). The first-order valence-electron chi connectivity index (χ1n) is 8.18. The third-order valence-corrected chi connectivity index (χ3v) is 3.46. The molecule has 22 heavy (non-hydrogen) atoms. The number of aliphatic hydroxyl groups excluding tert-OH is 3. The van der Waals surface area contributed by atoms with Gasteiger partial charge in [-0.2, -0.15) is 0 Å². The van der Waals surface area contributed by atoms with E-state index in [0.717, 1.165) is 57.8 Å². The Morgan fingerprint density at radius 1 is 0.909 bits per heavy atom. The molecule has 0 aliphatic carbocycles. The van der Waals surface area contributed by atoms with E-state index < -0.39 is 18.2 Å². The molecule has 0 heterocycles. The van der Waals surface area contributed by atoms with Gasteiger partial charge in [0.15, 0.2) is 6.10 Å². The van der Waals surface area contributed by atoms with Gasteiger partial charge in [-0.15, -0.1) is 5.73 Å². The lowest BCUT2D eigenvalue weighted by atomic mass is 10.0. The Morgan fingerprint density at radius 2 is 1.45 bits per heavy atom. The molecule has 2 unspecified atom stereocenters. The Bertz CT molecular complexity index is 334. The maximum absolute atomic E-state index is 10.4. The fourth-order valence-corrected chi connectivity index (χ4v) is 2.06. The zero-order chi connectivity index (χ0) is 16.6. The van der Waals surface area contributed by atoms with Crippen LogP contribution in [0.3, 0.4) is 0 Å². The van der Waals surface area contributed by atoms with Gasteiger partial charge in [0.05, 0.1) is 6.10 Å². The minimum Gasteiger partial charge on any atom is -0.479 e. The summed E-state index contributed by atoms with van der Waals surface area (Å²) in [6, 6.07) is 0. The normalized spacial score (nSPS) is 13.2. The number of unbranched alkanes of at least 4 members (excludes halogenated alkanes) is 7. The van der Waals surface area contributed by atoms with Gasteiger partial charge >= 0.3 is 5.97 Å². The van der Waals surface area contributed by atoms with Crippen LogP contribution in [0.25, 0.3) is 0 Å². The summed E-state index contributed by atoms with van der Waals surface area (Å²) in [5.74, 6) is -1.37. The largest absolute Gasteiger partial charge is 0.479 e. The zero-order valence-corrected chi connectivity index (χ0v) is 13.3. The molecule has 0 bridgehead atoms. The van der Waals surface area contributed by atoms with Crippen molar-refractivity contribution in [2.75, 3.05) is 6.61 Å². The Morgan fingerprint density at radius 3 is 2.05 bits per heavy atom. The zero-order valence-electron chi connectivity index (χ0n) is 13.3. The molecule has 0 aromatic heterocycles. The molecule has 0 amide bonds. The van der Waals surface area contributed by atoms with Crippen molar-refractivity contribution in [3.05, 3.63) is 17.9 Å². The van der Waals surface area contributed by atoms with Crippen LogP contribution in [0.15, 0.2) is 17.9 Å². The molecular weight excluding hydrogens is 284 g/mol. The van der Waals surface area contributed by atoms with Gasteiger partial charge in [0.1, 0.15) is 0 Å². The molecule has 0 saturated carbocycles. The molecule has 4 N–H and O–H groups in total. The number of aliphatic carboxylic acids is 1. The summed E-state index contributed by atoms with van der Waals surface area (Å²) in [7, 11) is 0. The van der Waals surface area contributed by atoms with Gasteiger partial charge in [-0.05, 0) is 50.7 Å². The molecule has 5 heteroatoms. The van der Waals surface area contributed by atoms with Crippen LogP contribution >= 0.6 is 0 Å². The average molecular weight is 314 g/mol. The lowest BCUT2D eigenvalue weighted by Crippen LogP contribution is -2.33. The number of allylic oxidation sites excluding steroid dienone is 1. The Hall–Kier alpha value is -1.13. The summed E-state index contributed by atoms with van der Waals surface area (Å²) < 4.78 is 0. The monoisotopic (exact) mass is 314 g/mol. The topological polar surface area (TPSA) is 98.0 Å². The molecule has 0 aliphatic heterocycles. The highest BCUT2D eigenvalue weighted by Crippen LogP contribution is 2.11. The fourth-order valence-electron chi connectivity index (χ4n) is 2.06. The first kappa shape index (κ1) is 20.9. The molecular formula is C17H30O5. The van der Waals surface area contributed by atoms with Crippen molar-refractivity contribution in [2.45, 2.75) is 76.4 Å². The van der Waals surface area contributed by atoms with Crippen LogP contribution in [0.4, 0.5) is 0 Å². The number of carboxylic acids is 1. The molecule has 128 valence electrons. The Labute approximate surface area is 133 Å². The van der Waals surface area contributed by atoms with E-state index >= 15 is 0 Å². The van der Waals surface area contributed by atoms with E-state index in [0.29, 0.717) is 6.42 Å². The Kier molecular flexibility index (Phi) is 14.0. The van der Waals surface area contributed by atoms with Crippen molar-refractivity contribution >= 4 is 5.97 Å². The van der Waals surface area contributed by atoms with Crippen LogP contribution in [0, 0.1) is 0 Å². The quantitative estimate of drug-likeness (QED) is 0.291. The Balaban J connectivity index is 3.40. The van der Waals surface area contributed by atoms with Gasteiger partial charge in [0.25, 0.3) is 0 Å². The van der Waals surface area contributed by atoms with Gasteiger partial charge in [-0.25, -0.2) is 4.79 Å². The summed E-state index contributed by atoms with van der Waals surface area (Å²) in [5.41, 5.74) is 3.14. The summed E-state index contributed by atoms with van der Waals surface area (Å²) in [4.78, 5) is 10.4. The molecule has 0 rings (SSSR count). The second kappa shape index (κ2) is 14.8. The van der Waals surface area contributed by atoms with Crippen molar-refractivity contribution in [2.24, 2.45) is 0 Å². The summed E-state index contributed by atoms with van der Waals surface area (Å²) in [6.45, 7) is 0.254. The molecule has 0 saturated heterocycles. The van der Waals surface area contributed by atoms with Crippen molar-refractivity contribution in [1.82, 2.24) is 0 Å². The highest BCUT2D eigenvalue weighted by molar-refractivity contribution is 5.72. The van der Waals surface area contributed by atoms with Crippen LogP contribution in [0.2, 0.25) is 0 Å². The van der Waals surface area contributed by atoms with Crippen LogP contribution in [0.5, 0.6) is 0 Å². The highest BCUT2D eigenvalue weighted by Gasteiger charge is 2.22. The summed E-state index contributed by atoms with van der Waals surface area (Å²) in [5, 5.41) is 35.7. The van der Waals surface area contributed by atoms with Gasteiger partial charge in [-0.3, -0.25) is 0 Å². The molecule has 5 nitrogen and oxygen atoms in total. The molecule has 0 spiro atoms. The number of carboxylic acid groups (broad SMARTS) is 1. The lowest BCUT2D eigenvalue weighted by molar-refractivity contribution is -0.153. The first-order valence-corrected chi connectivity index (χ1v) is 8.18. The molecule has 0 fully saturated rings. The number of hydrogen-bond acceptors (Lipinski definition) is 4. The average Bonchev–Trinajstić information content (AvgIpc) is 2.50. The van der Waals surface area contributed by atoms with E-state index in [1.165, 1.54) is 0 Å². The van der Waals surface area contributed by atoms with Gasteiger partial charge in [0.2, 0.25) is 0 Å². The predicted octanol–water partition coefficient (Wildman–Crippen LogP) is 2.40. The number of carbonyl (C=O) groups is 1. The van der Waals surface area contributed by atoms with Crippen molar-refractivity contribution in [3.63, 3.8) is 0 Å². The first-order chi connectivity index (χ1) is 10.6. The second-order valence-electron chi connectivity index (χ2n) is 5.49. The molecule has 0 aromatic rings. The summed E-state index contributed by atoms with van der Waals surface area (Å²) >= 11 is 0. The van der Waals surface area contributed by atoms with Crippen molar-refractivity contribution < 1.29 is 25.2 Å². The fraction of sp³-hybridized carbons (Fsp3) is 0.765. The number of rotatable bonds is 14. The lowest BCUT2D eigenvalue weighted by Gasteiger charge is -2.13. The molecule has 0 aliphatic rings. The van der Waals surface area contributed by atoms with Gasteiger partial charge < -0.3 is 20.4 Å². The number of hydrogen-bond donors (Lipinski definition) is 4. The maximum Gasteiger partial charge on any atom is 0.335 e. The maximum atomic E-state index is 10.4. The van der Waals surface area contributed by atoms with Crippen molar-refractivity contribution in [3.8, 4) is 0 Å². The van der Waals surface area contributed by atoms with Crippen LogP contribution < -0.4 is 0 Å². The number of aliphatic hydroxyl groups is 3. The van der Waals surface area contributed by atoms with Gasteiger partial charge in [0, 0.05) is 6.61 Å². The smallest absolute Gasteiger partial charge is 0.335 e. The third-order valence-electron chi connectivity index (χ3n) is 3.46. The van der Waals surface area contributed by atoms with E-state index in [4.69, 9.17) is 15.3 Å².